The van der Waals surface area contributed by atoms with Gasteiger partial charge in [-0.15, -0.1) is 0 Å². The van der Waals surface area contributed by atoms with Crippen molar-refractivity contribution in [2.45, 2.75) is 97.4 Å². The first-order chi connectivity index (χ1) is 13.0. The Morgan fingerprint density at radius 3 is 2.25 bits per heavy atom. The van der Waals surface area contributed by atoms with Gasteiger partial charge in [0.25, 0.3) is 0 Å². The van der Waals surface area contributed by atoms with Gasteiger partial charge in [0.05, 0.1) is 5.60 Å². The third-order valence-electron chi connectivity index (χ3n) is 9.55. The van der Waals surface area contributed by atoms with E-state index in [2.05, 4.69) is 20.8 Å². The molecule has 28 heavy (non-hydrogen) atoms. The fourth-order valence-corrected chi connectivity index (χ4v) is 8.21. The number of rotatable bonds is 2. The molecule has 0 aromatic carbocycles. The van der Waals surface area contributed by atoms with E-state index in [1.165, 1.54) is 13.8 Å². The molecule has 5 heteroatoms. The molecule has 0 aliphatic heterocycles. The van der Waals surface area contributed by atoms with E-state index in [0.29, 0.717) is 24.2 Å². The van der Waals surface area contributed by atoms with Crippen LogP contribution in [0.25, 0.3) is 0 Å². The molecule has 0 unspecified atom stereocenters. The molecule has 4 aliphatic carbocycles. The van der Waals surface area contributed by atoms with Gasteiger partial charge < -0.3 is 14.6 Å². The Bertz CT molecular complexity index is 676. The Balaban J connectivity index is 1.64. The molecule has 1 N–H and O–H groups in total. The van der Waals surface area contributed by atoms with Crippen LogP contribution in [0.2, 0.25) is 0 Å². The lowest BCUT2D eigenvalue weighted by Crippen LogP contribution is -2.54. The number of carbonyl (C=O) groups excluding carboxylic acids is 2. The van der Waals surface area contributed by atoms with Crippen molar-refractivity contribution < 1.29 is 24.2 Å². The van der Waals surface area contributed by atoms with Gasteiger partial charge in [-0.2, -0.15) is 0 Å². The number of carbonyl (C=O) groups is 2. The molecule has 0 radical (unpaired) electrons. The van der Waals surface area contributed by atoms with Crippen LogP contribution in [-0.4, -0.2) is 34.9 Å². The van der Waals surface area contributed by atoms with Gasteiger partial charge in [-0.1, -0.05) is 20.8 Å². The average Bonchev–Trinajstić information content (AvgIpc) is 2.99. The van der Waals surface area contributed by atoms with Crippen LogP contribution in [-0.2, 0) is 19.1 Å². The predicted molar refractivity (Wildman–Crippen MR) is 104 cm³/mol. The lowest BCUT2D eigenvalue weighted by Gasteiger charge is -2.52. The van der Waals surface area contributed by atoms with Crippen molar-refractivity contribution >= 4 is 11.9 Å². The summed E-state index contributed by atoms with van der Waals surface area (Å²) in [7, 11) is 0. The molecule has 4 rings (SSSR count). The fraction of sp³-hybridized carbons (Fsp3) is 0.913. The van der Waals surface area contributed by atoms with E-state index in [1.807, 2.05) is 0 Å². The van der Waals surface area contributed by atoms with E-state index in [1.54, 1.807) is 0 Å². The molecule has 0 heterocycles. The average molecular weight is 393 g/mol. The maximum Gasteiger partial charge on any atom is 0.302 e. The minimum Gasteiger partial charge on any atom is -0.462 e. The Morgan fingerprint density at radius 1 is 0.929 bits per heavy atom. The highest BCUT2D eigenvalue weighted by Crippen LogP contribution is 2.71. The Morgan fingerprint density at radius 2 is 1.61 bits per heavy atom. The first-order valence-electron chi connectivity index (χ1n) is 11.1. The number of hydrogen-bond acceptors (Lipinski definition) is 5. The first-order valence-corrected chi connectivity index (χ1v) is 11.1. The highest BCUT2D eigenvalue weighted by atomic mass is 16.5. The smallest absolute Gasteiger partial charge is 0.302 e. The van der Waals surface area contributed by atoms with Crippen LogP contribution >= 0.6 is 0 Å². The van der Waals surface area contributed by atoms with Crippen LogP contribution in [0.3, 0.4) is 0 Å². The molecule has 4 aliphatic rings. The van der Waals surface area contributed by atoms with Crippen molar-refractivity contribution in [1.29, 1.82) is 0 Å². The van der Waals surface area contributed by atoms with Gasteiger partial charge >= 0.3 is 11.9 Å². The zero-order valence-electron chi connectivity index (χ0n) is 18.0. The molecule has 0 spiro atoms. The highest BCUT2D eigenvalue weighted by Gasteiger charge is 2.71. The Kier molecular flexibility index (Phi) is 4.65. The minimum atomic E-state index is -0.800. The molecule has 158 valence electrons. The number of ether oxygens (including phenoxy) is 2. The normalized spacial score (nSPS) is 52.4. The largest absolute Gasteiger partial charge is 0.462 e. The van der Waals surface area contributed by atoms with Crippen molar-refractivity contribution in [3.63, 3.8) is 0 Å². The molecular formula is C23H36O5. The van der Waals surface area contributed by atoms with Crippen LogP contribution < -0.4 is 0 Å². The van der Waals surface area contributed by atoms with E-state index in [0.717, 1.165) is 38.5 Å². The summed E-state index contributed by atoms with van der Waals surface area (Å²) in [6, 6.07) is 0. The van der Waals surface area contributed by atoms with Crippen LogP contribution in [0.15, 0.2) is 0 Å². The first kappa shape index (κ1) is 20.2. The van der Waals surface area contributed by atoms with Crippen LogP contribution in [0.5, 0.6) is 0 Å². The number of fused-ring (bicyclic) bond motifs is 5. The minimum absolute atomic E-state index is 0.00187. The molecule has 4 fully saturated rings. The third kappa shape index (κ3) is 2.60. The van der Waals surface area contributed by atoms with Crippen LogP contribution in [0.1, 0.15) is 79.6 Å². The van der Waals surface area contributed by atoms with Gasteiger partial charge in [0.15, 0.2) is 0 Å². The molecule has 0 saturated heterocycles. The molecule has 5 nitrogen and oxygen atoms in total. The fourth-order valence-electron chi connectivity index (χ4n) is 8.21. The summed E-state index contributed by atoms with van der Waals surface area (Å²) in [6.45, 7) is 9.75. The lowest BCUT2D eigenvalue weighted by molar-refractivity contribution is -0.173. The van der Waals surface area contributed by atoms with Gasteiger partial charge in [0.1, 0.15) is 12.2 Å². The SMILES string of the molecule is CC(=O)O[C@@H]1CC[C@]2(C)[C@H]3CC[C@@]4(C)[C@@H](OC(C)=O)CC[C@H]4[C@H]3[C@H](C)[C@@]2(O)C1. The second-order valence-electron chi connectivity index (χ2n) is 10.6. The van der Waals surface area contributed by atoms with Crippen LogP contribution in [0, 0.1) is 34.5 Å². The number of esters is 2. The Labute approximate surface area is 168 Å². The van der Waals surface area contributed by atoms with E-state index >= 15 is 0 Å². The van der Waals surface area contributed by atoms with E-state index in [4.69, 9.17) is 9.47 Å². The monoisotopic (exact) mass is 392 g/mol. The Hall–Kier alpha value is -1.10. The van der Waals surface area contributed by atoms with Crippen molar-refractivity contribution in [3.8, 4) is 0 Å². The summed E-state index contributed by atoms with van der Waals surface area (Å²) in [4.78, 5) is 23.1. The van der Waals surface area contributed by atoms with Crippen LogP contribution in [0.4, 0.5) is 0 Å². The topological polar surface area (TPSA) is 72.8 Å². The summed E-state index contributed by atoms with van der Waals surface area (Å²) in [6.07, 6.45) is 6.26. The predicted octanol–water partition coefficient (Wildman–Crippen LogP) is 3.86. The number of aliphatic hydroxyl groups is 1. The highest BCUT2D eigenvalue weighted by molar-refractivity contribution is 5.66. The molecule has 0 aromatic rings. The van der Waals surface area contributed by atoms with Gasteiger partial charge in [0.2, 0.25) is 0 Å². The summed E-state index contributed by atoms with van der Waals surface area (Å²) >= 11 is 0. The van der Waals surface area contributed by atoms with E-state index < -0.39 is 5.60 Å². The van der Waals surface area contributed by atoms with E-state index in [9.17, 15) is 14.7 Å². The maximum absolute atomic E-state index is 12.0. The van der Waals surface area contributed by atoms with Crippen molar-refractivity contribution in [1.82, 2.24) is 0 Å². The molecular weight excluding hydrogens is 356 g/mol. The van der Waals surface area contributed by atoms with Gasteiger partial charge in [-0.05, 0) is 67.6 Å². The van der Waals surface area contributed by atoms with Crippen molar-refractivity contribution in [2.24, 2.45) is 34.5 Å². The standard InChI is InChI=1S/C23H36O5/c1-13-20-17-6-7-19(28-15(3)25)21(17,4)10-9-18(20)22(5)11-8-16(27-14(2)24)12-23(13,22)26/h13,16-20,26H,6-12H2,1-5H3/t13-,16+,17-,18-,19-,20+,21+,22+,23-/m0/s1. The summed E-state index contributed by atoms with van der Waals surface area (Å²) < 4.78 is 11.3. The summed E-state index contributed by atoms with van der Waals surface area (Å²) in [5.41, 5.74) is -0.920. The van der Waals surface area contributed by atoms with E-state index in [-0.39, 0.29) is 40.9 Å². The van der Waals surface area contributed by atoms with Gasteiger partial charge in [-0.25, -0.2) is 0 Å². The molecule has 0 amide bonds. The molecule has 4 saturated carbocycles. The van der Waals surface area contributed by atoms with Crippen molar-refractivity contribution in [2.75, 3.05) is 0 Å². The molecule has 0 bridgehead atoms. The summed E-state index contributed by atoms with van der Waals surface area (Å²) in [5, 5.41) is 12.0. The summed E-state index contributed by atoms with van der Waals surface area (Å²) in [5.74, 6) is 1.11. The lowest BCUT2D eigenvalue weighted by atomic mass is 9.55. The zero-order valence-corrected chi connectivity index (χ0v) is 18.0. The van der Waals surface area contributed by atoms with Crippen molar-refractivity contribution in [3.05, 3.63) is 0 Å². The van der Waals surface area contributed by atoms with Gasteiger partial charge in [-0.3, -0.25) is 9.59 Å². The quantitative estimate of drug-likeness (QED) is 0.723. The second-order valence-corrected chi connectivity index (χ2v) is 10.6. The molecule has 9 atom stereocenters. The zero-order chi connectivity index (χ0) is 20.5. The maximum atomic E-state index is 12.0. The molecule has 0 aromatic heterocycles. The third-order valence-corrected chi connectivity index (χ3v) is 9.55. The second kappa shape index (κ2) is 6.45. The van der Waals surface area contributed by atoms with Gasteiger partial charge in [0, 0.05) is 25.7 Å². The number of hydrogen-bond donors (Lipinski definition) is 1.